The van der Waals surface area contributed by atoms with Crippen molar-refractivity contribution in [1.29, 1.82) is 5.26 Å². The maximum atomic E-state index is 11.6. The van der Waals surface area contributed by atoms with Crippen molar-refractivity contribution in [2.45, 2.75) is 4.90 Å². The minimum absolute atomic E-state index is 0.0512. The Labute approximate surface area is 102 Å². The van der Waals surface area contributed by atoms with Gasteiger partial charge in [0, 0.05) is 22.9 Å². The zero-order valence-corrected chi connectivity index (χ0v) is 9.82. The monoisotopic (exact) mass is 244 g/mol. The molecular weight excluding hydrogens is 236 g/mol. The molecule has 0 aliphatic rings. The summed E-state index contributed by atoms with van der Waals surface area (Å²) in [5, 5.41) is 8.86. The minimum Gasteiger partial charge on any atom is -0.422 e. The van der Waals surface area contributed by atoms with Gasteiger partial charge in [0.25, 0.3) is 0 Å². The first-order valence-corrected chi connectivity index (χ1v) is 6.01. The summed E-state index contributed by atoms with van der Waals surface area (Å²) in [6, 6.07) is 7.04. The summed E-state index contributed by atoms with van der Waals surface area (Å²) in [6.07, 6.45) is 5.05. The number of nitriles is 1. The third-order valence-corrected chi connectivity index (χ3v) is 2.97. The molecule has 0 fully saturated rings. The quantitative estimate of drug-likeness (QED) is 0.758. The van der Waals surface area contributed by atoms with E-state index in [9.17, 15) is 4.79 Å². The molecule has 0 atom stereocenters. The van der Waals surface area contributed by atoms with Gasteiger partial charge in [0.05, 0.1) is 0 Å². The summed E-state index contributed by atoms with van der Waals surface area (Å²) in [4.78, 5) is 16.1. The van der Waals surface area contributed by atoms with Crippen LogP contribution < -0.4 is 5.63 Å². The van der Waals surface area contributed by atoms with Crippen LogP contribution in [0.2, 0.25) is 0 Å². The highest BCUT2D eigenvalue weighted by Gasteiger charge is 2.11. The van der Waals surface area contributed by atoms with Crippen LogP contribution in [0, 0.1) is 11.3 Å². The van der Waals surface area contributed by atoms with Gasteiger partial charge < -0.3 is 4.42 Å². The number of nitrogens with zero attached hydrogens (tertiary/aromatic N) is 2. The Balaban J connectivity index is 2.64. The summed E-state index contributed by atoms with van der Waals surface area (Å²) in [6.45, 7) is 0. The van der Waals surface area contributed by atoms with Crippen molar-refractivity contribution in [3.8, 4) is 17.4 Å². The molecule has 17 heavy (non-hydrogen) atoms. The first kappa shape index (κ1) is 11.4. The predicted molar refractivity (Wildman–Crippen MR) is 64.7 cm³/mol. The van der Waals surface area contributed by atoms with Crippen LogP contribution in [0.4, 0.5) is 0 Å². The molecule has 0 bridgehead atoms. The van der Waals surface area contributed by atoms with Gasteiger partial charge in [0.2, 0.25) is 0 Å². The molecule has 2 aromatic heterocycles. The molecule has 2 heterocycles. The highest BCUT2D eigenvalue weighted by molar-refractivity contribution is 7.98. The van der Waals surface area contributed by atoms with E-state index in [-0.39, 0.29) is 5.56 Å². The maximum absolute atomic E-state index is 11.6. The van der Waals surface area contributed by atoms with Crippen LogP contribution in [0.5, 0.6) is 0 Å². The van der Waals surface area contributed by atoms with Crippen molar-refractivity contribution in [2.75, 3.05) is 6.26 Å². The molecular formula is C12H8N2O2S. The molecule has 0 amide bonds. The Morgan fingerprint density at radius 2 is 2.12 bits per heavy atom. The minimum atomic E-state index is -0.605. The smallest absolute Gasteiger partial charge is 0.355 e. The van der Waals surface area contributed by atoms with E-state index >= 15 is 0 Å². The molecule has 2 aromatic rings. The molecule has 84 valence electrons. The zero-order valence-electron chi connectivity index (χ0n) is 9.01. The van der Waals surface area contributed by atoms with E-state index in [1.807, 2.05) is 12.3 Å². The Kier molecular flexibility index (Phi) is 3.26. The van der Waals surface area contributed by atoms with Gasteiger partial charge in [0.15, 0.2) is 5.56 Å². The lowest BCUT2D eigenvalue weighted by molar-refractivity contribution is 0.518. The second-order valence-corrected chi connectivity index (χ2v) is 4.04. The van der Waals surface area contributed by atoms with Crippen molar-refractivity contribution in [2.24, 2.45) is 0 Å². The number of rotatable bonds is 2. The Morgan fingerprint density at radius 1 is 1.41 bits per heavy atom. The van der Waals surface area contributed by atoms with Gasteiger partial charge >= 0.3 is 5.63 Å². The summed E-state index contributed by atoms with van der Waals surface area (Å²) in [5.41, 5.74) is 0.207. The van der Waals surface area contributed by atoms with E-state index in [0.29, 0.717) is 10.7 Å². The predicted octanol–water partition coefficient (Wildman–Crippen LogP) is 2.30. The average molecular weight is 244 g/mol. The third-order valence-electron chi connectivity index (χ3n) is 2.21. The van der Waals surface area contributed by atoms with Crippen LogP contribution in [0.15, 0.2) is 44.7 Å². The lowest BCUT2D eigenvalue weighted by atomic mass is 10.2. The normalized spacial score (nSPS) is 9.88. The molecule has 0 radical (unpaired) electrons. The van der Waals surface area contributed by atoms with Gasteiger partial charge in [-0.05, 0) is 24.5 Å². The molecule has 0 aromatic carbocycles. The number of thioether (sulfide) groups is 1. The molecule has 0 spiro atoms. The van der Waals surface area contributed by atoms with Gasteiger partial charge in [-0.2, -0.15) is 5.26 Å². The molecule has 2 rings (SSSR count). The number of aromatic nitrogens is 1. The van der Waals surface area contributed by atoms with Crippen molar-refractivity contribution in [3.63, 3.8) is 0 Å². The molecule has 0 saturated heterocycles. The van der Waals surface area contributed by atoms with Crippen molar-refractivity contribution in [1.82, 2.24) is 4.98 Å². The lowest BCUT2D eigenvalue weighted by Gasteiger charge is -2.03. The van der Waals surface area contributed by atoms with E-state index in [1.54, 1.807) is 30.6 Å². The van der Waals surface area contributed by atoms with Crippen LogP contribution in [0.3, 0.4) is 0 Å². The van der Waals surface area contributed by atoms with Crippen LogP contribution in [-0.4, -0.2) is 11.2 Å². The second-order valence-electron chi connectivity index (χ2n) is 3.19. The average Bonchev–Trinajstić information content (AvgIpc) is 2.38. The van der Waals surface area contributed by atoms with Gasteiger partial charge in [-0.1, -0.05) is 0 Å². The SMILES string of the molecule is CSc1cc(-c2ccncc2)oc(=O)c1C#N. The van der Waals surface area contributed by atoms with E-state index in [4.69, 9.17) is 9.68 Å². The molecule has 0 N–H and O–H groups in total. The van der Waals surface area contributed by atoms with Gasteiger partial charge in [-0.3, -0.25) is 4.98 Å². The third kappa shape index (κ3) is 2.22. The summed E-state index contributed by atoms with van der Waals surface area (Å²) >= 11 is 1.34. The number of hydrogen-bond donors (Lipinski definition) is 0. The summed E-state index contributed by atoms with van der Waals surface area (Å²) < 4.78 is 5.11. The van der Waals surface area contributed by atoms with Gasteiger partial charge in [-0.25, -0.2) is 4.79 Å². The maximum Gasteiger partial charge on any atom is 0.355 e. The van der Waals surface area contributed by atoms with Crippen molar-refractivity contribution < 1.29 is 4.42 Å². The van der Waals surface area contributed by atoms with E-state index in [0.717, 1.165) is 5.56 Å². The van der Waals surface area contributed by atoms with Crippen LogP contribution >= 0.6 is 11.8 Å². The standard InChI is InChI=1S/C12H8N2O2S/c1-17-11-6-10(8-2-4-14-5-3-8)16-12(15)9(11)7-13/h2-6H,1H3. The number of pyridine rings is 1. The Morgan fingerprint density at radius 3 is 2.71 bits per heavy atom. The highest BCUT2D eigenvalue weighted by Crippen LogP contribution is 2.24. The van der Waals surface area contributed by atoms with Crippen molar-refractivity contribution in [3.05, 3.63) is 46.6 Å². The fourth-order valence-electron chi connectivity index (χ4n) is 1.39. The number of hydrogen-bond acceptors (Lipinski definition) is 5. The molecule has 0 saturated carbocycles. The van der Waals surface area contributed by atoms with Crippen LogP contribution in [-0.2, 0) is 0 Å². The highest BCUT2D eigenvalue weighted by atomic mass is 32.2. The summed E-state index contributed by atoms with van der Waals surface area (Å²) in [5.74, 6) is 0.445. The zero-order chi connectivity index (χ0) is 12.3. The lowest BCUT2D eigenvalue weighted by Crippen LogP contribution is -2.06. The Bertz CT molecular complexity index is 629. The largest absolute Gasteiger partial charge is 0.422 e. The van der Waals surface area contributed by atoms with Crippen LogP contribution in [0.25, 0.3) is 11.3 Å². The van der Waals surface area contributed by atoms with E-state index in [1.165, 1.54) is 11.8 Å². The fraction of sp³-hybridized carbons (Fsp3) is 0.0833. The molecule has 5 heteroatoms. The topological polar surface area (TPSA) is 66.9 Å². The fourth-order valence-corrected chi connectivity index (χ4v) is 1.95. The van der Waals surface area contributed by atoms with Crippen molar-refractivity contribution >= 4 is 11.8 Å². The van der Waals surface area contributed by atoms with Gasteiger partial charge in [0.1, 0.15) is 11.8 Å². The van der Waals surface area contributed by atoms with Gasteiger partial charge in [-0.15, -0.1) is 11.8 Å². The van der Waals surface area contributed by atoms with E-state index in [2.05, 4.69) is 4.98 Å². The molecule has 0 unspecified atom stereocenters. The molecule has 4 nitrogen and oxygen atoms in total. The molecule has 0 aliphatic carbocycles. The first-order chi connectivity index (χ1) is 8.26. The Hall–Kier alpha value is -2.06. The van der Waals surface area contributed by atoms with Crippen LogP contribution in [0.1, 0.15) is 5.56 Å². The van der Waals surface area contributed by atoms with E-state index < -0.39 is 5.63 Å². The second kappa shape index (κ2) is 4.85. The summed E-state index contributed by atoms with van der Waals surface area (Å²) in [7, 11) is 0. The first-order valence-electron chi connectivity index (χ1n) is 4.79. The molecule has 0 aliphatic heterocycles.